The molecule has 2 nitrogen and oxygen atoms in total. The number of rotatable bonds is 4. The predicted molar refractivity (Wildman–Crippen MR) is 76.8 cm³/mol. The summed E-state index contributed by atoms with van der Waals surface area (Å²) in [4.78, 5) is 2.29. The molecule has 0 saturated heterocycles. The Morgan fingerprint density at radius 2 is 1.88 bits per heavy atom. The first-order valence-corrected chi connectivity index (χ1v) is 6.38. The van der Waals surface area contributed by atoms with Gasteiger partial charge in [-0.05, 0) is 42.5 Å². The molecule has 17 heavy (non-hydrogen) atoms. The van der Waals surface area contributed by atoms with Gasteiger partial charge in [-0.3, -0.25) is 0 Å². The van der Waals surface area contributed by atoms with Crippen LogP contribution in [-0.2, 0) is 5.41 Å². The van der Waals surface area contributed by atoms with Crippen molar-refractivity contribution in [1.29, 1.82) is 0 Å². The lowest BCUT2D eigenvalue weighted by Gasteiger charge is -2.25. The molecule has 1 rings (SSSR count). The topological polar surface area (TPSA) is 29.3 Å². The quantitative estimate of drug-likeness (QED) is 0.867. The zero-order valence-corrected chi connectivity index (χ0v) is 11.9. The zero-order chi connectivity index (χ0) is 13.1. The summed E-state index contributed by atoms with van der Waals surface area (Å²) in [6, 6.07) is 6.77. The van der Waals surface area contributed by atoms with Crippen molar-refractivity contribution in [1.82, 2.24) is 0 Å². The third-order valence-electron chi connectivity index (χ3n) is 3.17. The van der Waals surface area contributed by atoms with Gasteiger partial charge in [0.15, 0.2) is 0 Å². The molecule has 0 saturated carbocycles. The van der Waals surface area contributed by atoms with Crippen molar-refractivity contribution in [3.63, 3.8) is 0 Å². The summed E-state index contributed by atoms with van der Waals surface area (Å²) in [6.45, 7) is 10.7. The smallest absolute Gasteiger partial charge is 0.0393 e. The van der Waals surface area contributed by atoms with E-state index in [0.29, 0.717) is 0 Å². The first-order chi connectivity index (χ1) is 7.86. The van der Waals surface area contributed by atoms with Crippen LogP contribution in [0.4, 0.5) is 5.69 Å². The van der Waals surface area contributed by atoms with Crippen LogP contribution in [0.15, 0.2) is 18.2 Å². The Morgan fingerprint density at radius 1 is 1.24 bits per heavy atom. The number of nitrogens with two attached hydrogens (primary N) is 1. The minimum absolute atomic E-state index is 0.221. The second kappa shape index (κ2) is 5.54. The summed E-state index contributed by atoms with van der Waals surface area (Å²) in [5, 5.41) is 0. The third kappa shape index (κ3) is 3.74. The fraction of sp³-hybridized carbons (Fsp3) is 0.600. The molecular formula is C15H26N2. The first kappa shape index (κ1) is 14.0. The van der Waals surface area contributed by atoms with E-state index in [0.717, 1.165) is 19.5 Å². The van der Waals surface area contributed by atoms with Crippen molar-refractivity contribution in [3.05, 3.63) is 29.3 Å². The van der Waals surface area contributed by atoms with Crippen LogP contribution in [-0.4, -0.2) is 20.1 Å². The molecular weight excluding hydrogens is 208 g/mol. The van der Waals surface area contributed by atoms with Gasteiger partial charge in [0.05, 0.1) is 0 Å². The molecule has 0 spiro atoms. The molecule has 0 aliphatic rings. The van der Waals surface area contributed by atoms with E-state index in [1.165, 1.54) is 16.8 Å². The highest BCUT2D eigenvalue weighted by Crippen LogP contribution is 2.27. The lowest BCUT2D eigenvalue weighted by atomic mass is 9.86. The van der Waals surface area contributed by atoms with Gasteiger partial charge in [-0.15, -0.1) is 0 Å². The summed E-state index contributed by atoms with van der Waals surface area (Å²) in [5.74, 6) is 0. The molecule has 0 radical (unpaired) electrons. The highest BCUT2D eigenvalue weighted by atomic mass is 15.1. The van der Waals surface area contributed by atoms with Crippen molar-refractivity contribution >= 4 is 5.69 Å². The van der Waals surface area contributed by atoms with Crippen LogP contribution in [0.2, 0.25) is 0 Å². The first-order valence-electron chi connectivity index (χ1n) is 6.38. The van der Waals surface area contributed by atoms with Gasteiger partial charge in [0.2, 0.25) is 0 Å². The second-order valence-electron chi connectivity index (χ2n) is 5.82. The SMILES string of the molecule is Cc1cc(C(C)(C)C)ccc1N(C)CCCN. The number of anilines is 1. The molecule has 0 atom stereocenters. The molecule has 0 fully saturated rings. The van der Waals surface area contributed by atoms with E-state index in [2.05, 4.69) is 57.8 Å². The van der Waals surface area contributed by atoms with Gasteiger partial charge in [-0.25, -0.2) is 0 Å². The van der Waals surface area contributed by atoms with Crippen LogP contribution in [0.25, 0.3) is 0 Å². The van der Waals surface area contributed by atoms with Gasteiger partial charge in [0, 0.05) is 19.3 Å². The Morgan fingerprint density at radius 3 is 2.35 bits per heavy atom. The fourth-order valence-corrected chi connectivity index (χ4v) is 2.00. The molecule has 0 aromatic heterocycles. The number of hydrogen-bond acceptors (Lipinski definition) is 2. The maximum atomic E-state index is 5.55. The molecule has 0 amide bonds. The van der Waals surface area contributed by atoms with Crippen molar-refractivity contribution in [3.8, 4) is 0 Å². The number of hydrogen-bond donors (Lipinski definition) is 1. The predicted octanol–water partition coefficient (Wildman–Crippen LogP) is 3.08. The number of aryl methyl sites for hydroxylation is 1. The summed E-state index contributed by atoms with van der Waals surface area (Å²) in [7, 11) is 2.13. The van der Waals surface area contributed by atoms with Gasteiger partial charge in [-0.1, -0.05) is 32.9 Å². The average molecular weight is 234 g/mol. The molecule has 0 heterocycles. The Labute approximate surface area is 106 Å². The summed E-state index contributed by atoms with van der Waals surface area (Å²) in [6.07, 6.45) is 1.04. The van der Waals surface area contributed by atoms with Gasteiger partial charge in [0.25, 0.3) is 0 Å². The van der Waals surface area contributed by atoms with Gasteiger partial charge in [0.1, 0.15) is 0 Å². The summed E-state index contributed by atoms with van der Waals surface area (Å²) >= 11 is 0. The van der Waals surface area contributed by atoms with E-state index in [1.807, 2.05) is 0 Å². The van der Waals surface area contributed by atoms with Crippen molar-refractivity contribution < 1.29 is 0 Å². The van der Waals surface area contributed by atoms with E-state index >= 15 is 0 Å². The minimum Gasteiger partial charge on any atom is -0.374 e. The lowest BCUT2D eigenvalue weighted by molar-refractivity contribution is 0.589. The second-order valence-corrected chi connectivity index (χ2v) is 5.82. The van der Waals surface area contributed by atoms with E-state index < -0.39 is 0 Å². The standard InChI is InChI=1S/C15H26N2/c1-12-11-13(15(2,3)4)7-8-14(12)17(5)10-6-9-16/h7-8,11H,6,9-10,16H2,1-5H3. The molecule has 96 valence electrons. The Hall–Kier alpha value is -1.02. The Balaban J connectivity index is 2.90. The molecule has 0 unspecified atom stereocenters. The van der Waals surface area contributed by atoms with Crippen LogP contribution in [0.3, 0.4) is 0 Å². The van der Waals surface area contributed by atoms with E-state index in [-0.39, 0.29) is 5.41 Å². The fourth-order valence-electron chi connectivity index (χ4n) is 2.00. The molecule has 1 aromatic carbocycles. The maximum Gasteiger partial charge on any atom is 0.0393 e. The third-order valence-corrected chi connectivity index (χ3v) is 3.17. The summed E-state index contributed by atoms with van der Waals surface area (Å²) < 4.78 is 0. The lowest BCUT2D eigenvalue weighted by Crippen LogP contribution is -2.22. The molecule has 0 aliphatic heterocycles. The molecule has 2 heteroatoms. The number of nitrogens with zero attached hydrogens (tertiary/aromatic N) is 1. The molecule has 0 aliphatic carbocycles. The molecule has 0 bridgehead atoms. The van der Waals surface area contributed by atoms with E-state index in [1.54, 1.807) is 0 Å². The largest absolute Gasteiger partial charge is 0.374 e. The Bertz CT molecular complexity index is 364. The normalized spacial score (nSPS) is 11.6. The van der Waals surface area contributed by atoms with Crippen molar-refractivity contribution in [2.45, 2.75) is 39.5 Å². The minimum atomic E-state index is 0.221. The van der Waals surface area contributed by atoms with Crippen molar-refractivity contribution in [2.75, 3.05) is 25.0 Å². The number of benzene rings is 1. The van der Waals surface area contributed by atoms with Crippen LogP contribution in [0.5, 0.6) is 0 Å². The van der Waals surface area contributed by atoms with Crippen LogP contribution < -0.4 is 10.6 Å². The zero-order valence-electron chi connectivity index (χ0n) is 11.9. The van der Waals surface area contributed by atoms with E-state index in [4.69, 9.17) is 5.73 Å². The van der Waals surface area contributed by atoms with Crippen molar-refractivity contribution in [2.24, 2.45) is 5.73 Å². The summed E-state index contributed by atoms with van der Waals surface area (Å²) in [5.41, 5.74) is 9.82. The molecule has 1 aromatic rings. The van der Waals surface area contributed by atoms with Crippen LogP contribution in [0.1, 0.15) is 38.3 Å². The maximum absolute atomic E-state index is 5.55. The van der Waals surface area contributed by atoms with Gasteiger partial charge in [-0.2, -0.15) is 0 Å². The van der Waals surface area contributed by atoms with Gasteiger partial charge >= 0.3 is 0 Å². The van der Waals surface area contributed by atoms with Crippen LogP contribution in [0, 0.1) is 6.92 Å². The Kier molecular flexibility index (Phi) is 4.58. The van der Waals surface area contributed by atoms with Gasteiger partial charge < -0.3 is 10.6 Å². The monoisotopic (exact) mass is 234 g/mol. The highest BCUT2D eigenvalue weighted by molar-refractivity contribution is 5.54. The van der Waals surface area contributed by atoms with E-state index in [9.17, 15) is 0 Å². The average Bonchev–Trinajstić information content (AvgIpc) is 2.24. The highest BCUT2D eigenvalue weighted by Gasteiger charge is 2.15. The molecule has 2 N–H and O–H groups in total. The van der Waals surface area contributed by atoms with Crippen LogP contribution >= 0.6 is 0 Å².